The van der Waals surface area contributed by atoms with E-state index in [1.165, 1.54) is 12.1 Å². The van der Waals surface area contributed by atoms with E-state index >= 15 is 0 Å². The molecule has 2 aromatic carbocycles. The number of carbonyl (C=O) groups is 1. The Hall–Kier alpha value is -1.78. The van der Waals surface area contributed by atoms with Crippen molar-refractivity contribution in [2.24, 2.45) is 0 Å². The summed E-state index contributed by atoms with van der Waals surface area (Å²) in [5.41, 5.74) is -0.0723. The number of sulfonamides is 1. The number of aromatic nitrogens is 1. The third-order valence-electron chi connectivity index (χ3n) is 3.34. The summed E-state index contributed by atoms with van der Waals surface area (Å²) in [5, 5.41) is 0. The SMILES string of the molecule is O=C([N-]S(=O)(=O)c1ccc(Oc2ccccc2)nc1)c1ccc(F)cc1Br.[Na+]. The van der Waals surface area contributed by atoms with E-state index in [-0.39, 0.29) is 50.4 Å². The van der Waals surface area contributed by atoms with Crippen LogP contribution in [0.4, 0.5) is 4.39 Å². The number of nitrogens with zero attached hydrogens (tertiary/aromatic N) is 2. The molecule has 1 aromatic heterocycles. The first kappa shape index (κ1) is 22.5. The van der Waals surface area contributed by atoms with E-state index in [0.29, 0.717) is 5.75 Å². The second kappa shape index (κ2) is 9.62. The number of carbonyl (C=O) groups excluding carboxylic acids is 1. The minimum absolute atomic E-state index is 0. The van der Waals surface area contributed by atoms with Crippen molar-refractivity contribution >= 4 is 31.9 Å². The van der Waals surface area contributed by atoms with Gasteiger partial charge in [-0.2, -0.15) is 0 Å². The van der Waals surface area contributed by atoms with Gasteiger partial charge >= 0.3 is 29.6 Å². The van der Waals surface area contributed by atoms with Crippen LogP contribution in [0.5, 0.6) is 11.6 Å². The van der Waals surface area contributed by atoms with Crippen LogP contribution in [-0.2, 0) is 10.0 Å². The molecule has 0 fully saturated rings. The molecule has 3 rings (SSSR count). The molecule has 0 bridgehead atoms. The standard InChI is InChI=1S/C18H12BrFN2O4S.Na/c19-16-10-12(20)6-8-15(16)18(23)22-27(24,25)14-7-9-17(21-11-14)26-13-4-2-1-3-5-13;/h1-11H,(H,22,23);/q;+1/p-1. The summed E-state index contributed by atoms with van der Waals surface area (Å²) in [6.45, 7) is 0. The van der Waals surface area contributed by atoms with Crippen LogP contribution >= 0.6 is 15.9 Å². The molecule has 10 heteroatoms. The fraction of sp³-hybridized carbons (Fsp3) is 0. The fourth-order valence-electron chi connectivity index (χ4n) is 2.06. The molecule has 138 valence electrons. The average Bonchev–Trinajstić information content (AvgIpc) is 2.62. The first-order valence-electron chi connectivity index (χ1n) is 7.51. The monoisotopic (exact) mass is 472 g/mol. The zero-order valence-corrected chi connectivity index (χ0v) is 18.9. The molecule has 0 aliphatic heterocycles. The Morgan fingerprint density at radius 1 is 1.07 bits per heavy atom. The Morgan fingerprint density at radius 2 is 1.79 bits per heavy atom. The van der Waals surface area contributed by atoms with E-state index in [2.05, 4.69) is 25.6 Å². The van der Waals surface area contributed by atoms with Crippen molar-refractivity contribution < 1.29 is 51.9 Å². The average molecular weight is 473 g/mol. The Bertz CT molecular complexity index is 1080. The largest absolute Gasteiger partial charge is 1.00 e. The maximum atomic E-state index is 13.1. The number of pyridine rings is 1. The summed E-state index contributed by atoms with van der Waals surface area (Å²) in [6.07, 6.45) is 1.05. The van der Waals surface area contributed by atoms with Gasteiger partial charge in [0, 0.05) is 22.3 Å². The van der Waals surface area contributed by atoms with E-state index in [1.807, 2.05) is 6.07 Å². The normalized spacial score (nSPS) is 10.6. The summed E-state index contributed by atoms with van der Waals surface area (Å²) in [7, 11) is -4.28. The van der Waals surface area contributed by atoms with Gasteiger partial charge in [0.25, 0.3) is 0 Å². The first-order chi connectivity index (χ1) is 12.8. The fourth-order valence-corrected chi connectivity index (χ4v) is 3.43. The van der Waals surface area contributed by atoms with E-state index in [0.717, 1.165) is 24.4 Å². The summed E-state index contributed by atoms with van der Waals surface area (Å²) in [5.74, 6) is -0.861. The van der Waals surface area contributed by atoms with Gasteiger partial charge in [0.15, 0.2) is 0 Å². The zero-order chi connectivity index (χ0) is 19.4. The number of para-hydroxylation sites is 1. The van der Waals surface area contributed by atoms with E-state index in [1.54, 1.807) is 24.3 Å². The molecule has 0 saturated carbocycles. The van der Waals surface area contributed by atoms with E-state index in [9.17, 15) is 17.6 Å². The molecule has 0 spiro atoms. The van der Waals surface area contributed by atoms with Gasteiger partial charge in [-0.15, -0.1) is 0 Å². The molecule has 1 heterocycles. The van der Waals surface area contributed by atoms with E-state index in [4.69, 9.17) is 4.74 Å². The second-order valence-corrected chi connectivity index (χ2v) is 7.70. The van der Waals surface area contributed by atoms with Crippen LogP contribution in [0.3, 0.4) is 0 Å². The zero-order valence-electron chi connectivity index (χ0n) is 14.5. The third kappa shape index (κ3) is 5.62. The molecule has 0 radical (unpaired) electrons. The Morgan fingerprint density at radius 3 is 2.39 bits per heavy atom. The molecule has 28 heavy (non-hydrogen) atoms. The molecule has 3 aromatic rings. The quantitative estimate of drug-likeness (QED) is 0.527. The van der Waals surface area contributed by atoms with Gasteiger partial charge in [-0.25, -0.2) is 17.8 Å². The van der Waals surface area contributed by atoms with Crippen molar-refractivity contribution in [2.45, 2.75) is 4.90 Å². The van der Waals surface area contributed by atoms with Crippen molar-refractivity contribution in [2.75, 3.05) is 0 Å². The summed E-state index contributed by atoms with van der Waals surface area (Å²) in [4.78, 5) is 15.8. The number of benzene rings is 2. The molecule has 0 saturated heterocycles. The maximum Gasteiger partial charge on any atom is 1.00 e. The van der Waals surface area contributed by atoms with Crippen molar-refractivity contribution in [3.05, 3.63) is 87.4 Å². The summed E-state index contributed by atoms with van der Waals surface area (Å²) < 4.78 is 46.5. The number of halogens is 2. The number of amides is 1. The summed E-state index contributed by atoms with van der Waals surface area (Å²) in [6, 6.07) is 14.7. The van der Waals surface area contributed by atoms with Crippen LogP contribution in [0.1, 0.15) is 10.4 Å². The van der Waals surface area contributed by atoms with Crippen LogP contribution in [0.25, 0.3) is 4.72 Å². The van der Waals surface area contributed by atoms with Crippen LogP contribution < -0.4 is 34.3 Å². The topological polar surface area (TPSA) is 87.4 Å². The van der Waals surface area contributed by atoms with Gasteiger partial charge in [0.2, 0.25) is 5.88 Å². The Kier molecular flexibility index (Phi) is 7.73. The predicted molar refractivity (Wildman–Crippen MR) is 99.7 cm³/mol. The van der Waals surface area contributed by atoms with Crippen molar-refractivity contribution in [1.82, 2.24) is 4.98 Å². The molecule has 0 aliphatic rings. The van der Waals surface area contributed by atoms with Gasteiger partial charge in [-0.1, -0.05) is 34.1 Å². The first-order valence-corrected chi connectivity index (χ1v) is 9.75. The molecule has 0 unspecified atom stereocenters. The van der Waals surface area contributed by atoms with Gasteiger partial charge in [-0.05, 0) is 36.4 Å². The molecular weight excluding hydrogens is 462 g/mol. The maximum absolute atomic E-state index is 13.1. The smallest absolute Gasteiger partial charge is 0.537 e. The van der Waals surface area contributed by atoms with Crippen LogP contribution in [-0.4, -0.2) is 19.3 Å². The van der Waals surface area contributed by atoms with Gasteiger partial charge in [-0.3, -0.25) is 0 Å². The van der Waals surface area contributed by atoms with Crippen LogP contribution in [0.2, 0.25) is 0 Å². The third-order valence-corrected chi connectivity index (χ3v) is 5.24. The summed E-state index contributed by atoms with van der Waals surface area (Å²) >= 11 is 3.01. The second-order valence-electron chi connectivity index (χ2n) is 5.24. The molecule has 0 aliphatic carbocycles. The van der Waals surface area contributed by atoms with E-state index < -0.39 is 21.7 Å². The minimum atomic E-state index is -4.28. The molecule has 0 atom stereocenters. The Labute approximate surface area is 191 Å². The molecule has 0 N–H and O–H groups in total. The number of hydrogen-bond acceptors (Lipinski definition) is 5. The molecule has 1 amide bonds. The predicted octanol–water partition coefficient (Wildman–Crippen LogP) is 1.68. The van der Waals surface area contributed by atoms with Crippen LogP contribution in [0.15, 0.2) is 76.2 Å². The number of hydrogen-bond donors (Lipinski definition) is 0. The Balaban J connectivity index is 0.00000280. The minimum Gasteiger partial charge on any atom is -0.537 e. The van der Waals surface area contributed by atoms with Crippen molar-refractivity contribution in [1.29, 1.82) is 0 Å². The molecule has 6 nitrogen and oxygen atoms in total. The number of rotatable bonds is 5. The van der Waals surface area contributed by atoms with Crippen molar-refractivity contribution in [3.8, 4) is 11.6 Å². The van der Waals surface area contributed by atoms with Gasteiger partial charge < -0.3 is 14.3 Å². The molecular formula is C18H11BrFN2NaO4S. The van der Waals surface area contributed by atoms with Gasteiger partial charge in [0.1, 0.15) is 21.6 Å². The van der Waals surface area contributed by atoms with Crippen LogP contribution in [0, 0.1) is 5.82 Å². The number of ether oxygens (including phenoxy) is 1. The van der Waals surface area contributed by atoms with Crippen molar-refractivity contribution in [3.63, 3.8) is 0 Å². The van der Waals surface area contributed by atoms with Gasteiger partial charge in [0.05, 0.1) is 10.8 Å².